The average Bonchev–Trinajstić information content (AvgIpc) is 3.19. The number of hydrogen-bond acceptors (Lipinski definition) is 4. The second-order valence-corrected chi connectivity index (χ2v) is 12.6. The van der Waals surface area contributed by atoms with Crippen LogP contribution in [-0.4, -0.2) is 50.5 Å². The maximum absolute atomic E-state index is 12.5. The van der Waals surface area contributed by atoms with Crippen LogP contribution < -0.4 is 4.46 Å². The van der Waals surface area contributed by atoms with E-state index in [1.54, 1.807) is 0 Å². The molecular weight excluding hydrogens is 455 g/mol. The molecule has 4 nitrogen and oxygen atoms in total. The molecular formula is C26H34O4Se. The third kappa shape index (κ3) is 4.06. The van der Waals surface area contributed by atoms with E-state index in [4.69, 9.17) is 4.74 Å². The molecule has 4 rings (SSSR count). The Labute approximate surface area is 191 Å². The molecule has 1 aliphatic heterocycles. The second-order valence-electron chi connectivity index (χ2n) is 9.94. The van der Waals surface area contributed by atoms with Gasteiger partial charge in [0.2, 0.25) is 0 Å². The minimum atomic E-state index is -0.489. The van der Waals surface area contributed by atoms with Gasteiger partial charge in [0, 0.05) is 0 Å². The Balaban J connectivity index is 1.66. The van der Waals surface area contributed by atoms with Gasteiger partial charge in [0.25, 0.3) is 0 Å². The van der Waals surface area contributed by atoms with Crippen LogP contribution in [0.25, 0.3) is 0 Å². The second kappa shape index (κ2) is 8.86. The van der Waals surface area contributed by atoms with Crippen molar-refractivity contribution in [2.75, 3.05) is 13.2 Å². The summed E-state index contributed by atoms with van der Waals surface area (Å²) in [5.41, 5.74) is 1.55. The van der Waals surface area contributed by atoms with Crippen LogP contribution in [0.15, 0.2) is 54.1 Å². The Morgan fingerprint density at radius 1 is 1.26 bits per heavy atom. The fourth-order valence-electron chi connectivity index (χ4n) is 6.39. The first-order valence-electron chi connectivity index (χ1n) is 11.3. The molecule has 6 atom stereocenters. The number of aliphatic hydroxyl groups is 2. The Morgan fingerprint density at radius 2 is 2.00 bits per heavy atom. The van der Waals surface area contributed by atoms with Gasteiger partial charge in [0.1, 0.15) is 0 Å². The Hall–Kier alpha value is -1.39. The van der Waals surface area contributed by atoms with E-state index >= 15 is 0 Å². The van der Waals surface area contributed by atoms with Crippen molar-refractivity contribution in [2.24, 2.45) is 22.7 Å². The summed E-state index contributed by atoms with van der Waals surface area (Å²) in [6, 6.07) is 10.4. The number of carbonyl (C=O) groups excluding carboxylic acids is 1. The fourth-order valence-corrected chi connectivity index (χ4v) is 9.01. The Morgan fingerprint density at radius 3 is 2.65 bits per heavy atom. The first-order chi connectivity index (χ1) is 14.8. The summed E-state index contributed by atoms with van der Waals surface area (Å²) in [7, 11) is 0. The number of carbonyl (C=O) groups is 1. The molecule has 168 valence electrons. The molecule has 0 aromatic heterocycles. The standard InChI is InChI=1S/C26H34O4Se/c1-17-9-10-22-25(2,13-11-23(28)26(22,3)16-27)20(17)15-21(19-12-14-30-24(19)29)31-18-7-5-4-6-8-18/h4-8,12,20-23,27-28H,1,9-11,13-16H2,2-3H3. The Kier molecular flexibility index (Phi) is 6.51. The van der Waals surface area contributed by atoms with E-state index in [9.17, 15) is 15.0 Å². The number of esters is 1. The van der Waals surface area contributed by atoms with Crippen molar-refractivity contribution in [1.82, 2.24) is 0 Å². The van der Waals surface area contributed by atoms with Crippen LogP contribution in [0.3, 0.4) is 0 Å². The monoisotopic (exact) mass is 490 g/mol. The average molecular weight is 490 g/mol. The van der Waals surface area contributed by atoms with Crippen LogP contribution in [0.2, 0.25) is 4.82 Å². The van der Waals surface area contributed by atoms with Crippen LogP contribution in [-0.2, 0) is 9.53 Å². The van der Waals surface area contributed by atoms with Crippen molar-refractivity contribution in [2.45, 2.75) is 56.9 Å². The summed E-state index contributed by atoms with van der Waals surface area (Å²) in [5, 5.41) is 21.0. The number of cyclic esters (lactones) is 1. The van der Waals surface area contributed by atoms with Gasteiger partial charge in [-0.1, -0.05) is 0 Å². The van der Waals surface area contributed by atoms with Crippen LogP contribution in [0.4, 0.5) is 0 Å². The van der Waals surface area contributed by atoms with Crippen LogP contribution in [0.1, 0.15) is 46.0 Å². The minimum absolute atomic E-state index is 0.00246. The van der Waals surface area contributed by atoms with Crippen LogP contribution in [0.5, 0.6) is 0 Å². The molecule has 0 amide bonds. The fraction of sp³-hybridized carbons (Fsp3) is 0.577. The van der Waals surface area contributed by atoms with Gasteiger partial charge in [-0.3, -0.25) is 0 Å². The molecule has 1 heterocycles. The van der Waals surface area contributed by atoms with Crippen LogP contribution in [0, 0.1) is 22.7 Å². The summed E-state index contributed by atoms with van der Waals surface area (Å²) in [5.74, 6) is 0.318. The zero-order valence-corrected chi connectivity index (χ0v) is 20.3. The van der Waals surface area contributed by atoms with Gasteiger partial charge in [0.05, 0.1) is 0 Å². The number of aliphatic hydroxyl groups excluding tert-OH is 2. The molecule has 2 aliphatic carbocycles. The normalized spacial score (nSPS) is 36.5. The number of ether oxygens (including phenoxy) is 1. The number of fused-ring (bicyclic) bond motifs is 1. The van der Waals surface area contributed by atoms with Gasteiger partial charge < -0.3 is 0 Å². The summed E-state index contributed by atoms with van der Waals surface area (Å²) in [6.07, 6.45) is 5.87. The summed E-state index contributed by atoms with van der Waals surface area (Å²) < 4.78 is 6.57. The van der Waals surface area contributed by atoms with E-state index in [-0.39, 0.29) is 49.6 Å². The van der Waals surface area contributed by atoms with Crippen molar-refractivity contribution < 1.29 is 19.7 Å². The number of benzene rings is 1. The number of hydrogen-bond donors (Lipinski definition) is 2. The van der Waals surface area contributed by atoms with E-state index in [1.165, 1.54) is 10.0 Å². The maximum atomic E-state index is 12.5. The molecule has 0 saturated heterocycles. The van der Waals surface area contributed by atoms with E-state index in [0.29, 0.717) is 13.0 Å². The van der Waals surface area contributed by atoms with Gasteiger partial charge in [-0.15, -0.1) is 0 Å². The SMILES string of the molecule is C=C1CCC2C(C)(CO)C(O)CCC2(C)C1CC([Se]c1ccccc1)C1=CCOC1=O. The summed E-state index contributed by atoms with van der Waals surface area (Å²) in [6.45, 7) is 9.23. The molecule has 0 spiro atoms. The molecule has 5 heteroatoms. The van der Waals surface area contributed by atoms with E-state index in [2.05, 4.69) is 37.8 Å². The number of rotatable bonds is 6. The molecule has 2 N–H and O–H groups in total. The molecule has 1 aromatic rings. The molecule has 2 fully saturated rings. The van der Waals surface area contributed by atoms with E-state index < -0.39 is 11.5 Å². The zero-order valence-electron chi connectivity index (χ0n) is 18.5. The zero-order chi connectivity index (χ0) is 22.2. The van der Waals surface area contributed by atoms with Crippen molar-refractivity contribution in [3.8, 4) is 0 Å². The molecule has 0 bridgehead atoms. The van der Waals surface area contributed by atoms with E-state index in [0.717, 1.165) is 31.3 Å². The third-order valence-electron chi connectivity index (χ3n) is 8.27. The molecule has 6 unspecified atom stereocenters. The topological polar surface area (TPSA) is 66.8 Å². The third-order valence-corrected chi connectivity index (χ3v) is 10.9. The molecule has 1 aromatic carbocycles. The summed E-state index contributed by atoms with van der Waals surface area (Å²) >= 11 is 0.106. The molecule has 2 saturated carbocycles. The van der Waals surface area contributed by atoms with Gasteiger partial charge in [-0.05, 0) is 0 Å². The Bertz CT molecular complexity index is 865. The van der Waals surface area contributed by atoms with E-state index in [1.807, 2.05) is 19.1 Å². The first-order valence-corrected chi connectivity index (χ1v) is 13.2. The van der Waals surface area contributed by atoms with Crippen LogP contribution >= 0.6 is 0 Å². The molecule has 3 aliphatic rings. The van der Waals surface area contributed by atoms with Gasteiger partial charge >= 0.3 is 192 Å². The summed E-state index contributed by atoms with van der Waals surface area (Å²) in [4.78, 5) is 12.6. The number of allylic oxidation sites excluding steroid dienone is 1. The van der Waals surface area contributed by atoms with Gasteiger partial charge in [-0.25, -0.2) is 0 Å². The van der Waals surface area contributed by atoms with Crippen molar-refractivity contribution in [3.63, 3.8) is 0 Å². The van der Waals surface area contributed by atoms with Gasteiger partial charge in [-0.2, -0.15) is 0 Å². The predicted molar refractivity (Wildman–Crippen MR) is 123 cm³/mol. The van der Waals surface area contributed by atoms with Crippen molar-refractivity contribution in [1.29, 1.82) is 0 Å². The van der Waals surface area contributed by atoms with Gasteiger partial charge in [0.15, 0.2) is 0 Å². The quantitative estimate of drug-likeness (QED) is 0.365. The predicted octanol–water partition coefficient (Wildman–Crippen LogP) is 3.42. The van der Waals surface area contributed by atoms with Crippen molar-refractivity contribution >= 4 is 25.4 Å². The molecule has 31 heavy (non-hydrogen) atoms. The first kappa shape index (κ1) is 22.8. The van der Waals surface area contributed by atoms with Crippen molar-refractivity contribution in [3.05, 3.63) is 54.1 Å². The molecule has 0 radical (unpaired) electrons.